The van der Waals surface area contributed by atoms with Gasteiger partial charge in [0.05, 0.1) is 5.56 Å². The van der Waals surface area contributed by atoms with Crippen LogP contribution >= 0.6 is 0 Å². The quantitative estimate of drug-likeness (QED) is 0.894. The van der Waals surface area contributed by atoms with Crippen molar-refractivity contribution in [1.29, 1.82) is 0 Å². The van der Waals surface area contributed by atoms with E-state index in [0.29, 0.717) is 17.7 Å². The van der Waals surface area contributed by atoms with Gasteiger partial charge in [0, 0.05) is 12.2 Å². The van der Waals surface area contributed by atoms with Gasteiger partial charge in [0.25, 0.3) is 0 Å². The maximum absolute atomic E-state index is 12.5. The third kappa shape index (κ3) is 4.46. The van der Waals surface area contributed by atoms with Gasteiger partial charge >= 0.3 is 12.1 Å². The zero-order valence-electron chi connectivity index (χ0n) is 10.8. The predicted molar refractivity (Wildman–Crippen MR) is 66.7 cm³/mol. The molecular weight excluding hydrogens is 259 g/mol. The molecule has 1 N–H and O–H groups in total. The van der Waals surface area contributed by atoms with Crippen molar-refractivity contribution in [3.05, 3.63) is 29.3 Å². The molecule has 0 spiro atoms. The molecule has 0 saturated heterocycles. The number of aromatic carboxylic acids is 1. The maximum atomic E-state index is 12.5. The van der Waals surface area contributed by atoms with Crippen LogP contribution in [0, 0.1) is 6.92 Å². The highest BCUT2D eigenvalue weighted by Crippen LogP contribution is 2.26. The van der Waals surface area contributed by atoms with Crippen LogP contribution in [0.2, 0.25) is 0 Å². The zero-order chi connectivity index (χ0) is 14.6. The first-order valence-corrected chi connectivity index (χ1v) is 5.90. The molecule has 0 aliphatic heterocycles. The maximum Gasteiger partial charge on any atom is 0.405 e. The average Bonchev–Trinajstić information content (AvgIpc) is 2.26. The lowest BCUT2D eigenvalue weighted by Gasteiger charge is -2.27. The normalized spacial score (nSPS) is 11.4. The molecule has 1 aromatic carbocycles. The van der Waals surface area contributed by atoms with Crippen LogP contribution in [0.1, 0.15) is 29.3 Å². The molecular formula is C13H16F3NO2. The average molecular weight is 275 g/mol. The van der Waals surface area contributed by atoms with Crippen LogP contribution in [0.15, 0.2) is 18.2 Å². The first-order chi connectivity index (χ1) is 8.74. The minimum atomic E-state index is -4.28. The van der Waals surface area contributed by atoms with Crippen LogP contribution in [0.3, 0.4) is 0 Å². The fourth-order valence-electron chi connectivity index (χ4n) is 1.91. The van der Waals surface area contributed by atoms with E-state index in [-0.39, 0.29) is 12.1 Å². The molecule has 0 atom stereocenters. The number of benzene rings is 1. The second kappa shape index (κ2) is 5.95. The second-order valence-corrected chi connectivity index (χ2v) is 4.34. The fourth-order valence-corrected chi connectivity index (χ4v) is 1.91. The number of carbonyl (C=O) groups is 1. The Hall–Kier alpha value is -1.72. The van der Waals surface area contributed by atoms with Crippen LogP contribution in [0.4, 0.5) is 18.9 Å². The highest BCUT2D eigenvalue weighted by Gasteiger charge is 2.31. The van der Waals surface area contributed by atoms with E-state index in [4.69, 9.17) is 5.11 Å². The molecule has 1 aromatic rings. The van der Waals surface area contributed by atoms with Crippen molar-refractivity contribution in [2.75, 3.05) is 18.0 Å². The molecule has 6 heteroatoms. The molecule has 1 rings (SSSR count). The summed E-state index contributed by atoms with van der Waals surface area (Å²) in [4.78, 5) is 12.0. The number of alkyl halides is 3. The minimum Gasteiger partial charge on any atom is -0.478 e. The lowest BCUT2D eigenvalue weighted by molar-refractivity contribution is -0.119. The number of rotatable bonds is 5. The fraction of sp³-hybridized carbons (Fsp3) is 0.462. The van der Waals surface area contributed by atoms with Crippen LogP contribution in [-0.2, 0) is 0 Å². The van der Waals surface area contributed by atoms with Gasteiger partial charge in [-0.1, -0.05) is 6.92 Å². The van der Waals surface area contributed by atoms with E-state index in [0.717, 1.165) is 0 Å². The standard InChI is InChI=1S/C13H16F3NO2/c1-3-6-17(8-13(14,15)16)11-5-4-10(12(18)19)7-9(11)2/h4-5,7H,3,6,8H2,1-2H3,(H,18,19). The Morgan fingerprint density at radius 2 is 2.00 bits per heavy atom. The van der Waals surface area contributed by atoms with Gasteiger partial charge < -0.3 is 10.0 Å². The highest BCUT2D eigenvalue weighted by molar-refractivity contribution is 5.88. The summed E-state index contributed by atoms with van der Waals surface area (Å²) in [5.74, 6) is -1.09. The molecule has 0 aliphatic rings. The molecule has 0 fully saturated rings. The number of carboxylic acids is 1. The minimum absolute atomic E-state index is 0.0738. The van der Waals surface area contributed by atoms with Crippen molar-refractivity contribution in [3.8, 4) is 0 Å². The molecule has 0 heterocycles. The topological polar surface area (TPSA) is 40.5 Å². The van der Waals surface area contributed by atoms with E-state index in [1.165, 1.54) is 23.1 Å². The monoisotopic (exact) mass is 275 g/mol. The van der Waals surface area contributed by atoms with Gasteiger partial charge in [0.1, 0.15) is 6.54 Å². The zero-order valence-corrected chi connectivity index (χ0v) is 10.8. The molecule has 3 nitrogen and oxygen atoms in total. The van der Waals surface area contributed by atoms with Gasteiger partial charge in [-0.3, -0.25) is 0 Å². The second-order valence-electron chi connectivity index (χ2n) is 4.34. The number of nitrogens with zero attached hydrogens (tertiary/aromatic N) is 1. The third-order valence-electron chi connectivity index (χ3n) is 2.65. The van der Waals surface area contributed by atoms with Gasteiger partial charge in [-0.25, -0.2) is 4.79 Å². The molecule has 0 bridgehead atoms. The molecule has 106 valence electrons. The van der Waals surface area contributed by atoms with Crippen LogP contribution in [-0.4, -0.2) is 30.3 Å². The van der Waals surface area contributed by atoms with E-state index >= 15 is 0 Å². The lowest BCUT2D eigenvalue weighted by Crippen LogP contribution is -2.35. The van der Waals surface area contributed by atoms with Crippen molar-refractivity contribution in [2.24, 2.45) is 0 Å². The molecule has 0 aliphatic carbocycles. The van der Waals surface area contributed by atoms with Crippen molar-refractivity contribution in [1.82, 2.24) is 0 Å². The number of aryl methyl sites for hydroxylation is 1. The van der Waals surface area contributed by atoms with E-state index in [2.05, 4.69) is 0 Å². The molecule has 0 amide bonds. The third-order valence-corrected chi connectivity index (χ3v) is 2.65. The molecule has 0 radical (unpaired) electrons. The van der Waals surface area contributed by atoms with E-state index in [1.807, 2.05) is 0 Å². The molecule has 19 heavy (non-hydrogen) atoms. The largest absolute Gasteiger partial charge is 0.478 e. The lowest BCUT2D eigenvalue weighted by atomic mass is 10.1. The first kappa shape index (κ1) is 15.3. The summed E-state index contributed by atoms with van der Waals surface area (Å²) in [5, 5.41) is 8.83. The Morgan fingerprint density at radius 3 is 2.42 bits per heavy atom. The molecule has 0 aromatic heterocycles. The van der Waals surface area contributed by atoms with Crippen molar-refractivity contribution < 1.29 is 23.1 Å². The number of hydrogen-bond donors (Lipinski definition) is 1. The van der Waals surface area contributed by atoms with Crippen molar-refractivity contribution in [2.45, 2.75) is 26.4 Å². The summed E-state index contributed by atoms with van der Waals surface area (Å²) in [5.41, 5.74) is 1.02. The van der Waals surface area contributed by atoms with E-state index in [1.54, 1.807) is 13.8 Å². The molecule has 0 unspecified atom stereocenters. The Bertz CT molecular complexity index is 458. The summed E-state index contributed by atoms with van der Waals surface area (Å²) in [7, 11) is 0. The Morgan fingerprint density at radius 1 is 1.37 bits per heavy atom. The van der Waals surface area contributed by atoms with Crippen LogP contribution in [0.25, 0.3) is 0 Å². The first-order valence-electron chi connectivity index (χ1n) is 5.90. The van der Waals surface area contributed by atoms with Gasteiger partial charge in [-0.05, 0) is 37.1 Å². The van der Waals surface area contributed by atoms with Gasteiger partial charge in [0.2, 0.25) is 0 Å². The summed E-state index contributed by atoms with van der Waals surface area (Å²) in [6.07, 6.45) is -3.71. The van der Waals surface area contributed by atoms with Crippen molar-refractivity contribution in [3.63, 3.8) is 0 Å². The number of carboxylic acid groups (broad SMARTS) is 1. The SMILES string of the molecule is CCCN(CC(F)(F)F)c1ccc(C(=O)O)cc1C. The van der Waals surface area contributed by atoms with Gasteiger partial charge in [0.15, 0.2) is 0 Å². The van der Waals surface area contributed by atoms with Gasteiger partial charge in [-0.2, -0.15) is 13.2 Å². The number of hydrogen-bond acceptors (Lipinski definition) is 2. The van der Waals surface area contributed by atoms with E-state index < -0.39 is 18.7 Å². The van der Waals surface area contributed by atoms with Gasteiger partial charge in [-0.15, -0.1) is 0 Å². The Kier molecular flexibility index (Phi) is 4.80. The van der Waals surface area contributed by atoms with Crippen LogP contribution < -0.4 is 4.90 Å². The number of anilines is 1. The summed E-state index contributed by atoms with van der Waals surface area (Å²) in [6.45, 7) is 2.64. The van der Waals surface area contributed by atoms with E-state index in [9.17, 15) is 18.0 Å². The smallest absolute Gasteiger partial charge is 0.405 e. The van der Waals surface area contributed by atoms with Crippen LogP contribution in [0.5, 0.6) is 0 Å². The van der Waals surface area contributed by atoms with Crippen molar-refractivity contribution >= 4 is 11.7 Å². The summed E-state index contributed by atoms with van der Waals surface area (Å²) >= 11 is 0. The number of halogens is 3. The molecule has 0 saturated carbocycles. The Balaban J connectivity index is 3.06. The summed E-state index contributed by atoms with van der Waals surface area (Å²) < 4.78 is 37.6. The Labute approximate surface area is 109 Å². The predicted octanol–water partition coefficient (Wildman–Crippen LogP) is 3.47. The highest BCUT2D eigenvalue weighted by atomic mass is 19.4. The summed E-state index contributed by atoms with van der Waals surface area (Å²) in [6, 6.07) is 4.14.